The zero-order valence-corrected chi connectivity index (χ0v) is 12.0. The van der Waals surface area contributed by atoms with E-state index in [4.69, 9.17) is 4.74 Å². The van der Waals surface area contributed by atoms with Crippen molar-refractivity contribution in [2.75, 3.05) is 20.7 Å². The topological polar surface area (TPSA) is 71.5 Å². The number of likely N-dealkylation sites (N-methyl/N-ethyl adjacent to an activating group) is 1. The molecule has 6 heteroatoms. The van der Waals surface area contributed by atoms with E-state index in [0.29, 0.717) is 24.4 Å². The maximum atomic E-state index is 12.5. The SMILES string of the molecule is CNC(=O)C1(C)CCCN1C(=O)c1ccc(OC)nc1. The minimum absolute atomic E-state index is 0.134. The Balaban J connectivity index is 2.25. The van der Waals surface area contributed by atoms with Crippen molar-refractivity contribution in [2.45, 2.75) is 25.3 Å². The molecular weight excluding hydrogens is 258 g/mol. The van der Waals surface area contributed by atoms with Gasteiger partial charge in [0.25, 0.3) is 5.91 Å². The van der Waals surface area contributed by atoms with E-state index in [0.717, 1.165) is 6.42 Å². The Hall–Kier alpha value is -2.11. The first-order chi connectivity index (χ1) is 9.52. The molecule has 2 amide bonds. The van der Waals surface area contributed by atoms with Gasteiger partial charge in [0.1, 0.15) is 5.54 Å². The van der Waals surface area contributed by atoms with Crippen LogP contribution in [0.5, 0.6) is 5.88 Å². The molecule has 1 aliphatic rings. The number of amides is 2. The van der Waals surface area contributed by atoms with Gasteiger partial charge in [-0.25, -0.2) is 4.98 Å². The fourth-order valence-electron chi connectivity index (χ4n) is 2.58. The van der Waals surface area contributed by atoms with E-state index in [2.05, 4.69) is 10.3 Å². The molecule has 1 aliphatic heterocycles. The highest BCUT2D eigenvalue weighted by Crippen LogP contribution is 2.30. The minimum Gasteiger partial charge on any atom is -0.481 e. The van der Waals surface area contributed by atoms with Crippen LogP contribution in [0.25, 0.3) is 0 Å². The summed E-state index contributed by atoms with van der Waals surface area (Å²) in [6.07, 6.45) is 2.96. The van der Waals surface area contributed by atoms with Gasteiger partial charge in [-0.2, -0.15) is 0 Å². The molecule has 1 fully saturated rings. The lowest BCUT2D eigenvalue weighted by Gasteiger charge is -2.33. The van der Waals surface area contributed by atoms with E-state index >= 15 is 0 Å². The maximum absolute atomic E-state index is 12.5. The number of aromatic nitrogens is 1. The highest BCUT2D eigenvalue weighted by molar-refractivity contribution is 5.99. The minimum atomic E-state index is -0.786. The molecule has 2 heterocycles. The van der Waals surface area contributed by atoms with Crippen molar-refractivity contribution in [3.63, 3.8) is 0 Å². The van der Waals surface area contributed by atoms with Gasteiger partial charge >= 0.3 is 0 Å². The molecule has 0 bridgehead atoms. The Morgan fingerprint density at radius 1 is 1.45 bits per heavy atom. The number of nitrogens with zero attached hydrogens (tertiary/aromatic N) is 2. The fraction of sp³-hybridized carbons (Fsp3) is 0.500. The summed E-state index contributed by atoms with van der Waals surface area (Å²) >= 11 is 0. The normalized spacial score (nSPS) is 21.6. The summed E-state index contributed by atoms with van der Waals surface area (Å²) in [7, 11) is 3.11. The summed E-state index contributed by atoms with van der Waals surface area (Å²) in [4.78, 5) is 30.2. The smallest absolute Gasteiger partial charge is 0.256 e. The monoisotopic (exact) mass is 277 g/mol. The lowest BCUT2D eigenvalue weighted by atomic mass is 9.97. The number of carbonyl (C=O) groups is 2. The van der Waals surface area contributed by atoms with Gasteiger partial charge in [-0.15, -0.1) is 0 Å². The molecule has 1 aromatic rings. The van der Waals surface area contributed by atoms with Crippen LogP contribution in [0, 0.1) is 0 Å². The van der Waals surface area contributed by atoms with Crippen LogP contribution in [-0.4, -0.2) is 47.9 Å². The predicted molar refractivity (Wildman–Crippen MR) is 73.5 cm³/mol. The van der Waals surface area contributed by atoms with Gasteiger partial charge < -0.3 is 15.0 Å². The van der Waals surface area contributed by atoms with Crippen molar-refractivity contribution < 1.29 is 14.3 Å². The van der Waals surface area contributed by atoms with Crippen molar-refractivity contribution in [3.8, 4) is 5.88 Å². The third-order valence-electron chi connectivity index (χ3n) is 3.79. The van der Waals surface area contributed by atoms with Crippen LogP contribution in [0.15, 0.2) is 18.3 Å². The molecule has 6 nitrogen and oxygen atoms in total. The molecule has 0 aromatic carbocycles. The molecule has 2 rings (SSSR count). The van der Waals surface area contributed by atoms with Gasteiger partial charge in [-0.1, -0.05) is 0 Å². The number of hydrogen-bond donors (Lipinski definition) is 1. The lowest BCUT2D eigenvalue weighted by Crippen LogP contribution is -2.54. The summed E-state index contributed by atoms with van der Waals surface area (Å²) in [5.41, 5.74) is -0.325. The Kier molecular flexibility index (Phi) is 3.92. The second kappa shape index (κ2) is 5.48. The number of likely N-dealkylation sites (tertiary alicyclic amines) is 1. The zero-order valence-electron chi connectivity index (χ0n) is 12.0. The fourth-order valence-corrected chi connectivity index (χ4v) is 2.58. The Morgan fingerprint density at radius 2 is 2.20 bits per heavy atom. The average molecular weight is 277 g/mol. The van der Waals surface area contributed by atoms with Gasteiger partial charge in [-0.3, -0.25) is 9.59 Å². The number of ether oxygens (including phenoxy) is 1. The molecule has 0 aliphatic carbocycles. The zero-order chi connectivity index (χ0) is 14.8. The predicted octanol–water partition coefficient (Wildman–Crippen LogP) is 0.831. The van der Waals surface area contributed by atoms with Crippen LogP contribution in [-0.2, 0) is 4.79 Å². The maximum Gasteiger partial charge on any atom is 0.256 e. The van der Waals surface area contributed by atoms with Crippen molar-refractivity contribution in [2.24, 2.45) is 0 Å². The average Bonchev–Trinajstić information content (AvgIpc) is 2.89. The van der Waals surface area contributed by atoms with Crippen LogP contribution in [0.2, 0.25) is 0 Å². The number of rotatable bonds is 3. The van der Waals surface area contributed by atoms with Gasteiger partial charge in [0.05, 0.1) is 12.7 Å². The molecule has 0 radical (unpaired) electrons. The van der Waals surface area contributed by atoms with E-state index in [9.17, 15) is 9.59 Å². The van der Waals surface area contributed by atoms with Gasteiger partial charge in [-0.05, 0) is 25.8 Å². The van der Waals surface area contributed by atoms with Crippen LogP contribution in [0.1, 0.15) is 30.1 Å². The second-order valence-corrected chi connectivity index (χ2v) is 5.00. The van der Waals surface area contributed by atoms with E-state index in [-0.39, 0.29) is 11.8 Å². The van der Waals surface area contributed by atoms with E-state index in [1.807, 2.05) is 0 Å². The van der Waals surface area contributed by atoms with Crippen LogP contribution in [0.4, 0.5) is 0 Å². The lowest BCUT2D eigenvalue weighted by molar-refractivity contribution is -0.129. The number of carbonyl (C=O) groups excluding carboxylic acids is 2. The molecule has 1 unspecified atom stereocenters. The first-order valence-corrected chi connectivity index (χ1v) is 6.57. The third kappa shape index (κ3) is 2.33. The molecular formula is C14H19N3O3. The standard InChI is InChI=1S/C14H19N3O3/c1-14(13(19)15-2)7-4-8-17(14)12(18)10-5-6-11(20-3)16-9-10/h5-6,9H,4,7-8H2,1-3H3,(H,15,19). The summed E-state index contributed by atoms with van der Waals surface area (Å²) < 4.78 is 4.97. The molecule has 20 heavy (non-hydrogen) atoms. The Bertz CT molecular complexity index is 515. The van der Waals surface area contributed by atoms with Gasteiger partial charge in [0.15, 0.2) is 0 Å². The van der Waals surface area contributed by atoms with E-state index in [1.54, 1.807) is 31.0 Å². The highest BCUT2D eigenvalue weighted by Gasteiger charge is 2.45. The van der Waals surface area contributed by atoms with Gasteiger partial charge in [0, 0.05) is 25.9 Å². The third-order valence-corrected chi connectivity index (χ3v) is 3.79. The van der Waals surface area contributed by atoms with Crippen LogP contribution in [0.3, 0.4) is 0 Å². The number of nitrogens with one attached hydrogen (secondary N) is 1. The van der Waals surface area contributed by atoms with Gasteiger partial charge in [0.2, 0.25) is 11.8 Å². The highest BCUT2D eigenvalue weighted by atomic mass is 16.5. The molecule has 1 aromatic heterocycles. The molecule has 1 N–H and O–H groups in total. The van der Waals surface area contributed by atoms with Crippen LogP contribution < -0.4 is 10.1 Å². The van der Waals surface area contributed by atoms with Crippen molar-refractivity contribution >= 4 is 11.8 Å². The summed E-state index contributed by atoms with van der Waals surface area (Å²) in [5, 5.41) is 2.63. The number of methoxy groups -OCH3 is 1. The molecule has 0 saturated carbocycles. The van der Waals surface area contributed by atoms with Crippen molar-refractivity contribution in [1.82, 2.24) is 15.2 Å². The first-order valence-electron chi connectivity index (χ1n) is 6.57. The molecule has 1 atom stereocenters. The Labute approximate surface area is 118 Å². The summed E-state index contributed by atoms with van der Waals surface area (Å²) in [6.45, 7) is 2.38. The van der Waals surface area contributed by atoms with Crippen molar-refractivity contribution in [1.29, 1.82) is 0 Å². The molecule has 1 saturated heterocycles. The largest absolute Gasteiger partial charge is 0.481 e. The van der Waals surface area contributed by atoms with Crippen molar-refractivity contribution in [3.05, 3.63) is 23.9 Å². The number of hydrogen-bond acceptors (Lipinski definition) is 4. The molecule has 0 spiro atoms. The van der Waals surface area contributed by atoms with Crippen LogP contribution >= 0.6 is 0 Å². The number of pyridine rings is 1. The Morgan fingerprint density at radius 3 is 2.75 bits per heavy atom. The van der Waals surface area contributed by atoms with E-state index < -0.39 is 5.54 Å². The van der Waals surface area contributed by atoms with E-state index in [1.165, 1.54) is 13.3 Å². The summed E-state index contributed by atoms with van der Waals surface area (Å²) in [6, 6.07) is 3.30. The first kappa shape index (κ1) is 14.3. The summed E-state index contributed by atoms with van der Waals surface area (Å²) in [5.74, 6) is 0.144. The second-order valence-electron chi connectivity index (χ2n) is 5.00. The quantitative estimate of drug-likeness (QED) is 0.888. The molecule has 108 valence electrons.